The smallest absolute Gasteiger partial charge is 0.336 e. The second kappa shape index (κ2) is 8.03. The Labute approximate surface area is 173 Å². The first-order valence-corrected chi connectivity index (χ1v) is 10.0. The minimum absolute atomic E-state index is 0.0299. The van der Waals surface area contributed by atoms with E-state index in [4.69, 9.17) is 21.5 Å². The standard InChI is InChI=1S/C17H12ClN5O6S/c1-9-4-15-12(10(8-20-22-19)5-17(24)29-15)7-16(9)30(27,28)21-14-6-11(23(25)26)2-3-13(14)18/h2-7,21H,8H2,1H3. The number of aryl methyl sites for hydroxylation is 1. The molecule has 0 aliphatic heterocycles. The average Bonchev–Trinajstić information content (AvgIpc) is 2.66. The zero-order chi connectivity index (χ0) is 22.1. The van der Waals surface area contributed by atoms with Gasteiger partial charge >= 0.3 is 5.63 Å². The van der Waals surface area contributed by atoms with E-state index < -0.39 is 20.6 Å². The van der Waals surface area contributed by atoms with Crippen LogP contribution in [-0.2, 0) is 16.6 Å². The van der Waals surface area contributed by atoms with Gasteiger partial charge in [-0.1, -0.05) is 16.7 Å². The van der Waals surface area contributed by atoms with Crippen LogP contribution in [0.15, 0.2) is 55.6 Å². The number of rotatable bonds is 6. The van der Waals surface area contributed by atoms with Crippen LogP contribution in [-0.4, -0.2) is 13.3 Å². The summed E-state index contributed by atoms with van der Waals surface area (Å²) in [6, 6.07) is 7.09. The number of nitrogens with zero attached hydrogens (tertiary/aromatic N) is 4. The SMILES string of the molecule is Cc1cc2oc(=O)cc(CN=[N+]=[N-])c2cc1S(=O)(=O)Nc1cc([N+](=O)[O-])ccc1Cl. The lowest BCUT2D eigenvalue weighted by Gasteiger charge is -2.13. The summed E-state index contributed by atoms with van der Waals surface area (Å²) in [4.78, 5) is 24.5. The Hall–Kier alpha value is -3.60. The Morgan fingerprint density at radius 2 is 2.03 bits per heavy atom. The van der Waals surface area contributed by atoms with Crippen molar-refractivity contribution in [3.05, 3.63) is 83.5 Å². The number of hydrogen-bond acceptors (Lipinski definition) is 7. The Morgan fingerprint density at radius 3 is 2.70 bits per heavy atom. The van der Waals surface area contributed by atoms with E-state index in [2.05, 4.69) is 14.7 Å². The van der Waals surface area contributed by atoms with Crippen LogP contribution in [0, 0.1) is 17.0 Å². The second-order valence-corrected chi connectivity index (χ2v) is 8.18. The largest absolute Gasteiger partial charge is 0.423 e. The van der Waals surface area contributed by atoms with E-state index in [0.717, 1.165) is 18.2 Å². The summed E-state index contributed by atoms with van der Waals surface area (Å²) in [6.45, 7) is 1.30. The number of azide groups is 1. The first-order chi connectivity index (χ1) is 14.1. The van der Waals surface area contributed by atoms with Gasteiger partial charge in [0.2, 0.25) is 0 Å². The topological polar surface area (TPSA) is 168 Å². The third-order valence-corrected chi connectivity index (χ3v) is 5.96. The molecule has 0 atom stereocenters. The van der Waals surface area contributed by atoms with E-state index in [1.165, 1.54) is 25.1 Å². The first kappa shape index (κ1) is 21.1. The van der Waals surface area contributed by atoms with Crippen molar-refractivity contribution in [2.24, 2.45) is 5.11 Å². The highest BCUT2D eigenvalue weighted by atomic mass is 35.5. The summed E-state index contributed by atoms with van der Waals surface area (Å²) in [5.41, 5.74) is 8.00. The Bertz CT molecular complexity index is 1400. The molecular weight excluding hydrogens is 438 g/mol. The van der Waals surface area contributed by atoms with Crippen LogP contribution < -0.4 is 10.3 Å². The minimum Gasteiger partial charge on any atom is -0.423 e. The Kier molecular flexibility index (Phi) is 5.65. The van der Waals surface area contributed by atoms with Crippen LogP contribution in [0.2, 0.25) is 5.02 Å². The van der Waals surface area contributed by atoms with Crippen molar-refractivity contribution in [1.82, 2.24) is 0 Å². The highest BCUT2D eigenvalue weighted by molar-refractivity contribution is 7.92. The van der Waals surface area contributed by atoms with Gasteiger partial charge in [0.25, 0.3) is 15.7 Å². The molecule has 154 valence electrons. The molecule has 0 spiro atoms. The highest BCUT2D eigenvalue weighted by Gasteiger charge is 2.22. The van der Waals surface area contributed by atoms with Gasteiger partial charge in [0.05, 0.1) is 27.1 Å². The molecule has 1 aromatic heterocycles. The molecule has 0 amide bonds. The van der Waals surface area contributed by atoms with Crippen molar-refractivity contribution >= 4 is 44.0 Å². The zero-order valence-electron chi connectivity index (χ0n) is 15.2. The summed E-state index contributed by atoms with van der Waals surface area (Å²) >= 11 is 5.98. The van der Waals surface area contributed by atoms with Crippen LogP contribution in [0.1, 0.15) is 11.1 Å². The van der Waals surface area contributed by atoms with Gasteiger partial charge < -0.3 is 4.42 Å². The van der Waals surface area contributed by atoms with Crippen LogP contribution in [0.4, 0.5) is 11.4 Å². The molecular formula is C17H12ClN5O6S. The lowest BCUT2D eigenvalue weighted by atomic mass is 10.1. The van der Waals surface area contributed by atoms with Gasteiger partial charge in [-0.2, -0.15) is 0 Å². The molecule has 0 aliphatic carbocycles. The van der Waals surface area contributed by atoms with Gasteiger partial charge in [-0.3, -0.25) is 14.8 Å². The summed E-state index contributed by atoms with van der Waals surface area (Å²) in [7, 11) is -4.23. The van der Waals surface area contributed by atoms with E-state index in [-0.39, 0.29) is 49.9 Å². The minimum atomic E-state index is -4.23. The summed E-state index contributed by atoms with van der Waals surface area (Å²) in [6.07, 6.45) is 0. The normalized spacial score (nSPS) is 11.1. The Morgan fingerprint density at radius 1 is 1.30 bits per heavy atom. The van der Waals surface area contributed by atoms with Gasteiger partial charge in [-0.15, -0.1) is 0 Å². The van der Waals surface area contributed by atoms with Crippen LogP contribution in [0.5, 0.6) is 0 Å². The number of nitro groups is 1. The second-order valence-electron chi connectivity index (χ2n) is 6.12. The first-order valence-electron chi connectivity index (χ1n) is 8.17. The molecule has 0 bridgehead atoms. The van der Waals surface area contributed by atoms with Crippen molar-refractivity contribution in [2.75, 3.05) is 4.72 Å². The van der Waals surface area contributed by atoms with Crippen molar-refractivity contribution < 1.29 is 17.8 Å². The number of nitro benzene ring substituents is 1. The van der Waals surface area contributed by atoms with E-state index in [1.807, 2.05) is 0 Å². The summed E-state index contributed by atoms with van der Waals surface area (Å²) in [5.74, 6) is 0. The molecule has 3 rings (SSSR count). The molecule has 0 aliphatic rings. The maximum absolute atomic E-state index is 13.0. The van der Waals surface area contributed by atoms with Gasteiger partial charge in [-0.25, -0.2) is 13.2 Å². The maximum atomic E-state index is 13.0. The van der Waals surface area contributed by atoms with Crippen molar-refractivity contribution in [2.45, 2.75) is 18.4 Å². The number of anilines is 1. The quantitative estimate of drug-likeness (QED) is 0.147. The monoisotopic (exact) mass is 449 g/mol. The van der Waals surface area contributed by atoms with Crippen LogP contribution in [0.25, 0.3) is 21.4 Å². The average molecular weight is 450 g/mol. The molecule has 0 fully saturated rings. The van der Waals surface area contributed by atoms with Gasteiger partial charge in [0.15, 0.2) is 0 Å². The van der Waals surface area contributed by atoms with Crippen molar-refractivity contribution in [3.8, 4) is 0 Å². The van der Waals surface area contributed by atoms with E-state index >= 15 is 0 Å². The lowest BCUT2D eigenvalue weighted by Crippen LogP contribution is -2.15. The molecule has 2 aromatic carbocycles. The third-order valence-electron chi connectivity index (χ3n) is 4.12. The van der Waals surface area contributed by atoms with Gasteiger partial charge in [-0.05, 0) is 41.8 Å². The molecule has 0 radical (unpaired) electrons. The Balaban J connectivity index is 2.15. The highest BCUT2D eigenvalue weighted by Crippen LogP contribution is 2.31. The number of sulfonamides is 1. The van der Waals surface area contributed by atoms with Crippen LogP contribution >= 0.6 is 11.6 Å². The van der Waals surface area contributed by atoms with Gasteiger partial charge in [0.1, 0.15) is 5.58 Å². The number of halogens is 1. The molecule has 0 saturated carbocycles. The molecule has 0 saturated heterocycles. The van der Waals surface area contributed by atoms with Crippen LogP contribution in [0.3, 0.4) is 0 Å². The summed E-state index contributed by atoms with van der Waals surface area (Å²) in [5, 5.41) is 14.6. The molecule has 30 heavy (non-hydrogen) atoms. The predicted octanol–water partition coefficient (Wildman–Crippen LogP) is 4.27. The molecule has 13 heteroatoms. The lowest BCUT2D eigenvalue weighted by molar-refractivity contribution is -0.384. The number of benzene rings is 2. The fraction of sp³-hybridized carbons (Fsp3) is 0.118. The molecule has 11 nitrogen and oxygen atoms in total. The van der Waals surface area contributed by atoms with E-state index in [1.54, 1.807) is 0 Å². The van der Waals surface area contributed by atoms with E-state index in [9.17, 15) is 23.3 Å². The van der Waals surface area contributed by atoms with Crippen molar-refractivity contribution in [1.29, 1.82) is 0 Å². The van der Waals surface area contributed by atoms with E-state index in [0.29, 0.717) is 0 Å². The fourth-order valence-corrected chi connectivity index (χ4v) is 4.33. The molecule has 1 heterocycles. The van der Waals surface area contributed by atoms with Crippen molar-refractivity contribution in [3.63, 3.8) is 0 Å². The zero-order valence-corrected chi connectivity index (χ0v) is 16.8. The number of hydrogen-bond donors (Lipinski definition) is 1. The number of non-ortho nitro benzene ring substituents is 1. The molecule has 3 aromatic rings. The van der Waals surface area contributed by atoms with Gasteiger partial charge in [0, 0.05) is 28.5 Å². The number of nitrogens with one attached hydrogen (secondary N) is 1. The summed E-state index contributed by atoms with van der Waals surface area (Å²) < 4.78 is 33.3. The molecule has 1 N–H and O–H groups in total. The fourth-order valence-electron chi connectivity index (χ4n) is 2.79. The maximum Gasteiger partial charge on any atom is 0.336 e. The molecule has 0 unspecified atom stereocenters. The number of fused-ring (bicyclic) bond motifs is 1. The predicted molar refractivity (Wildman–Crippen MR) is 109 cm³/mol. The third kappa shape index (κ3) is 4.20.